The number of nitrogens with one attached hydrogen (secondary N) is 1. The molecular weight excluding hydrogens is 273 g/mol. The number of ether oxygens (including phenoxy) is 1. The standard InChI is InChI=1S/C13H17Cl2NO2/c1-8-4-13(8)16-6-9(17)7-18-10-2-3-11(14)12(15)5-10/h2-3,5,8-9,13,16-17H,4,6-7H2,1H3. The van der Waals surface area contributed by atoms with E-state index in [1.165, 1.54) is 6.42 Å². The largest absolute Gasteiger partial charge is 0.491 e. The highest BCUT2D eigenvalue weighted by atomic mass is 35.5. The Hall–Kier alpha value is -0.480. The van der Waals surface area contributed by atoms with Gasteiger partial charge in [0.15, 0.2) is 0 Å². The van der Waals surface area contributed by atoms with E-state index in [0.29, 0.717) is 28.4 Å². The van der Waals surface area contributed by atoms with Crippen LogP contribution in [0, 0.1) is 5.92 Å². The Bertz CT molecular complexity index is 414. The highest BCUT2D eigenvalue weighted by Crippen LogP contribution is 2.29. The Kier molecular flexibility index (Phi) is 4.73. The minimum atomic E-state index is -0.521. The van der Waals surface area contributed by atoms with Crippen LogP contribution in [-0.2, 0) is 0 Å². The molecule has 3 nitrogen and oxygen atoms in total. The third kappa shape index (κ3) is 4.02. The summed E-state index contributed by atoms with van der Waals surface area (Å²) in [6.45, 7) is 2.98. The van der Waals surface area contributed by atoms with Gasteiger partial charge in [0.2, 0.25) is 0 Å². The fourth-order valence-electron chi connectivity index (χ4n) is 1.71. The molecule has 1 fully saturated rings. The maximum atomic E-state index is 9.75. The summed E-state index contributed by atoms with van der Waals surface area (Å²) in [6, 6.07) is 5.62. The maximum absolute atomic E-state index is 9.75. The minimum absolute atomic E-state index is 0.242. The van der Waals surface area contributed by atoms with Gasteiger partial charge in [-0.3, -0.25) is 0 Å². The fraction of sp³-hybridized carbons (Fsp3) is 0.538. The first-order valence-corrected chi connectivity index (χ1v) is 6.81. The van der Waals surface area contributed by atoms with Crippen molar-refractivity contribution in [2.24, 2.45) is 5.92 Å². The summed E-state index contributed by atoms with van der Waals surface area (Å²) >= 11 is 11.7. The summed E-state index contributed by atoms with van der Waals surface area (Å²) in [4.78, 5) is 0. The number of hydrogen-bond acceptors (Lipinski definition) is 3. The van der Waals surface area contributed by atoms with Crippen molar-refractivity contribution in [1.29, 1.82) is 0 Å². The van der Waals surface area contributed by atoms with Crippen molar-refractivity contribution in [1.82, 2.24) is 5.32 Å². The second-order valence-corrected chi connectivity index (χ2v) is 5.58. The van der Waals surface area contributed by atoms with E-state index in [2.05, 4.69) is 12.2 Å². The predicted octanol–water partition coefficient (Wildman–Crippen LogP) is 2.73. The summed E-state index contributed by atoms with van der Waals surface area (Å²) in [6.07, 6.45) is 0.674. The van der Waals surface area contributed by atoms with Gasteiger partial charge in [0, 0.05) is 18.7 Å². The lowest BCUT2D eigenvalue weighted by Crippen LogP contribution is -2.33. The van der Waals surface area contributed by atoms with Gasteiger partial charge in [-0.25, -0.2) is 0 Å². The van der Waals surface area contributed by atoms with Gasteiger partial charge in [-0.15, -0.1) is 0 Å². The van der Waals surface area contributed by atoms with Crippen LogP contribution in [0.1, 0.15) is 13.3 Å². The van der Waals surface area contributed by atoms with E-state index in [1.807, 2.05) is 0 Å². The molecule has 0 aromatic heterocycles. The Labute approximate surface area is 117 Å². The molecule has 0 bridgehead atoms. The van der Waals surface area contributed by atoms with Crippen LogP contribution in [0.25, 0.3) is 0 Å². The van der Waals surface area contributed by atoms with E-state index in [9.17, 15) is 5.11 Å². The third-order valence-corrected chi connectivity index (χ3v) is 3.80. The number of hydrogen-bond donors (Lipinski definition) is 2. The molecule has 5 heteroatoms. The lowest BCUT2D eigenvalue weighted by atomic mass is 10.3. The second kappa shape index (κ2) is 6.11. The zero-order chi connectivity index (χ0) is 13.1. The second-order valence-electron chi connectivity index (χ2n) is 4.77. The van der Waals surface area contributed by atoms with Crippen molar-refractivity contribution in [3.05, 3.63) is 28.2 Å². The van der Waals surface area contributed by atoms with E-state index in [-0.39, 0.29) is 6.61 Å². The molecule has 1 aromatic carbocycles. The molecule has 2 rings (SSSR count). The zero-order valence-corrected chi connectivity index (χ0v) is 11.7. The lowest BCUT2D eigenvalue weighted by molar-refractivity contribution is 0.106. The summed E-state index contributed by atoms with van der Waals surface area (Å²) in [5.41, 5.74) is 0. The molecule has 0 amide bonds. The smallest absolute Gasteiger partial charge is 0.121 e. The normalized spacial score (nSPS) is 23.8. The quantitative estimate of drug-likeness (QED) is 0.846. The molecule has 3 atom stereocenters. The van der Waals surface area contributed by atoms with Crippen LogP contribution in [-0.4, -0.2) is 30.4 Å². The van der Waals surface area contributed by atoms with Crippen LogP contribution in [0.3, 0.4) is 0 Å². The van der Waals surface area contributed by atoms with Gasteiger partial charge in [-0.05, 0) is 24.5 Å². The van der Waals surface area contributed by atoms with Gasteiger partial charge in [0.25, 0.3) is 0 Å². The number of aliphatic hydroxyl groups excluding tert-OH is 1. The predicted molar refractivity (Wildman–Crippen MR) is 73.5 cm³/mol. The van der Waals surface area contributed by atoms with Crippen LogP contribution in [0.5, 0.6) is 5.75 Å². The molecule has 0 spiro atoms. The van der Waals surface area contributed by atoms with Gasteiger partial charge in [0.05, 0.1) is 10.0 Å². The van der Waals surface area contributed by atoms with E-state index < -0.39 is 6.10 Å². The van der Waals surface area contributed by atoms with Gasteiger partial charge in [0.1, 0.15) is 18.5 Å². The molecule has 1 saturated carbocycles. The summed E-state index contributed by atoms with van der Waals surface area (Å²) in [7, 11) is 0. The van der Waals surface area contributed by atoms with Crippen LogP contribution < -0.4 is 10.1 Å². The molecule has 0 radical (unpaired) electrons. The first-order chi connectivity index (χ1) is 8.56. The minimum Gasteiger partial charge on any atom is -0.491 e. The first-order valence-electron chi connectivity index (χ1n) is 6.05. The van der Waals surface area contributed by atoms with Crippen LogP contribution >= 0.6 is 23.2 Å². The monoisotopic (exact) mass is 289 g/mol. The number of aliphatic hydroxyl groups is 1. The zero-order valence-electron chi connectivity index (χ0n) is 10.2. The molecular formula is C13H17Cl2NO2. The van der Waals surface area contributed by atoms with Crippen molar-refractivity contribution >= 4 is 23.2 Å². The van der Waals surface area contributed by atoms with Crippen LogP contribution in [0.15, 0.2) is 18.2 Å². The highest BCUT2D eigenvalue weighted by molar-refractivity contribution is 6.42. The van der Waals surface area contributed by atoms with E-state index in [0.717, 1.165) is 5.92 Å². The van der Waals surface area contributed by atoms with Gasteiger partial charge in [-0.2, -0.15) is 0 Å². The summed E-state index contributed by atoms with van der Waals surface area (Å²) in [5.74, 6) is 1.34. The van der Waals surface area contributed by atoms with Gasteiger partial charge >= 0.3 is 0 Å². The maximum Gasteiger partial charge on any atom is 0.121 e. The van der Waals surface area contributed by atoms with E-state index in [1.54, 1.807) is 18.2 Å². The molecule has 3 unspecified atom stereocenters. The molecule has 1 aliphatic carbocycles. The lowest BCUT2D eigenvalue weighted by Gasteiger charge is -2.13. The molecule has 1 aromatic rings. The third-order valence-electron chi connectivity index (χ3n) is 3.06. The molecule has 2 N–H and O–H groups in total. The summed E-state index contributed by atoms with van der Waals surface area (Å²) in [5, 5.41) is 14.0. The van der Waals surface area contributed by atoms with Crippen molar-refractivity contribution in [2.45, 2.75) is 25.5 Å². The first kappa shape index (κ1) is 13.9. The molecule has 100 valence electrons. The van der Waals surface area contributed by atoms with Crippen molar-refractivity contribution < 1.29 is 9.84 Å². The Balaban J connectivity index is 1.71. The fourth-order valence-corrected chi connectivity index (χ4v) is 2.00. The number of halogens is 2. The molecule has 18 heavy (non-hydrogen) atoms. The van der Waals surface area contributed by atoms with Crippen molar-refractivity contribution in [3.8, 4) is 5.75 Å². The van der Waals surface area contributed by atoms with Crippen molar-refractivity contribution in [2.75, 3.05) is 13.2 Å². The van der Waals surface area contributed by atoms with E-state index >= 15 is 0 Å². The SMILES string of the molecule is CC1CC1NCC(O)COc1ccc(Cl)c(Cl)c1. The Morgan fingerprint density at radius 1 is 1.44 bits per heavy atom. The Morgan fingerprint density at radius 3 is 2.78 bits per heavy atom. The average molecular weight is 290 g/mol. The molecule has 0 saturated heterocycles. The number of rotatable bonds is 6. The van der Waals surface area contributed by atoms with Crippen molar-refractivity contribution in [3.63, 3.8) is 0 Å². The molecule has 1 aliphatic rings. The molecule has 0 heterocycles. The van der Waals surface area contributed by atoms with Crippen LogP contribution in [0.4, 0.5) is 0 Å². The van der Waals surface area contributed by atoms with Gasteiger partial charge < -0.3 is 15.2 Å². The average Bonchev–Trinajstić information content (AvgIpc) is 3.04. The topological polar surface area (TPSA) is 41.5 Å². The summed E-state index contributed by atoms with van der Waals surface area (Å²) < 4.78 is 5.45. The number of benzene rings is 1. The van der Waals surface area contributed by atoms with Gasteiger partial charge in [-0.1, -0.05) is 30.1 Å². The van der Waals surface area contributed by atoms with Crippen LogP contribution in [0.2, 0.25) is 10.0 Å². The van der Waals surface area contributed by atoms with E-state index in [4.69, 9.17) is 27.9 Å². The highest BCUT2D eigenvalue weighted by Gasteiger charge is 2.32. The Morgan fingerprint density at radius 2 is 2.17 bits per heavy atom. The molecule has 0 aliphatic heterocycles.